The quantitative estimate of drug-likeness (QED) is 0.925. The van der Waals surface area contributed by atoms with Crippen LogP contribution in [0, 0.1) is 0 Å². The van der Waals surface area contributed by atoms with Gasteiger partial charge in [-0.1, -0.05) is 36.4 Å². The molecule has 0 aliphatic carbocycles. The summed E-state index contributed by atoms with van der Waals surface area (Å²) >= 11 is 0. The molecule has 0 bridgehead atoms. The van der Waals surface area contributed by atoms with Crippen LogP contribution < -0.4 is 10.1 Å². The maximum atomic E-state index is 12.6. The molecule has 0 saturated heterocycles. The number of rotatable bonds is 4. The van der Waals surface area contributed by atoms with Gasteiger partial charge in [0.15, 0.2) is 0 Å². The van der Waals surface area contributed by atoms with E-state index in [1.54, 1.807) is 14.2 Å². The van der Waals surface area contributed by atoms with Gasteiger partial charge in [0.1, 0.15) is 5.75 Å². The number of ether oxygens (including phenoxy) is 1. The van der Waals surface area contributed by atoms with Gasteiger partial charge in [-0.25, -0.2) is 0 Å². The lowest BCUT2D eigenvalue weighted by atomic mass is 9.89. The van der Waals surface area contributed by atoms with E-state index in [1.807, 2.05) is 35.2 Å². The van der Waals surface area contributed by atoms with Crippen molar-refractivity contribution in [3.05, 3.63) is 65.2 Å². The zero-order chi connectivity index (χ0) is 16.2. The maximum absolute atomic E-state index is 12.6. The molecule has 1 aliphatic heterocycles. The molecule has 1 atom stereocenters. The topological polar surface area (TPSA) is 41.6 Å². The van der Waals surface area contributed by atoms with Crippen LogP contribution in [0.1, 0.15) is 22.7 Å². The Morgan fingerprint density at radius 3 is 2.62 bits per heavy atom. The Morgan fingerprint density at radius 1 is 1.21 bits per heavy atom. The minimum Gasteiger partial charge on any atom is -0.497 e. The minimum absolute atomic E-state index is 0. The first kappa shape index (κ1) is 18.3. The summed E-state index contributed by atoms with van der Waals surface area (Å²) in [5, 5.41) is 2.97. The van der Waals surface area contributed by atoms with Crippen molar-refractivity contribution in [2.75, 3.05) is 20.7 Å². The van der Waals surface area contributed by atoms with Crippen LogP contribution in [0.15, 0.2) is 48.5 Å². The zero-order valence-electron chi connectivity index (χ0n) is 14.0. The molecule has 5 heteroatoms. The van der Waals surface area contributed by atoms with E-state index in [9.17, 15) is 4.79 Å². The third kappa shape index (κ3) is 3.71. The number of halogens is 1. The molecule has 128 valence electrons. The summed E-state index contributed by atoms with van der Waals surface area (Å²) in [5.74, 6) is 0.956. The second kappa shape index (κ2) is 8.18. The van der Waals surface area contributed by atoms with Crippen molar-refractivity contribution in [3.8, 4) is 5.75 Å². The second-order valence-electron chi connectivity index (χ2n) is 5.82. The molecule has 0 saturated carbocycles. The number of fused-ring (bicyclic) bond motifs is 1. The largest absolute Gasteiger partial charge is 0.497 e. The first-order valence-corrected chi connectivity index (χ1v) is 7.87. The van der Waals surface area contributed by atoms with Gasteiger partial charge in [-0.05, 0) is 42.3 Å². The first-order valence-electron chi connectivity index (χ1n) is 7.87. The highest BCUT2D eigenvalue weighted by Gasteiger charge is 2.30. The van der Waals surface area contributed by atoms with Gasteiger partial charge in [0.25, 0.3) is 0 Å². The number of likely N-dealkylation sites (N-methyl/N-ethyl adjacent to an activating group) is 1. The average molecular weight is 347 g/mol. The molecule has 2 aromatic carbocycles. The van der Waals surface area contributed by atoms with Gasteiger partial charge < -0.3 is 15.0 Å². The van der Waals surface area contributed by atoms with Crippen molar-refractivity contribution >= 4 is 18.3 Å². The number of carbonyl (C=O) groups excluding carboxylic acids is 1. The SMILES string of the molecule is CNCC(=O)N1Cc2cc(OC)ccc2CC1c1ccccc1.Cl. The van der Waals surface area contributed by atoms with Gasteiger partial charge in [-0.3, -0.25) is 4.79 Å². The first-order chi connectivity index (χ1) is 11.2. The molecule has 0 radical (unpaired) electrons. The standard InChI is InChI=1S/C19H22N2O2.ClH/c1-20-12-19(22)21-13-16-10-17(23-2)9-8-15(16)11-18(21)14-6-4-3-5-7-14;/h3-10,18,20H,11-13H2,1-2H3;1H. The van der Waals surface area contributed by atoms with E-state index in [2.05, 4.69) is 23.5 Å². The predicted octanol–water partition coefficient (Wildman–Crippen LogP) is 2.96. The summed E-state index contributed by atoms with van der Waals surface area (Å²) in [6.45, 7) is 0.968. The molecule has 3 rings (SSSR count). The molecule has 1 aliphatic rings. The number of nitrogens with zero attached hydrogens (tertiary/aromatic N) is 1. The Hall–Kier alpha value is -2.04. The zero-order valence-corrected chi connectivity index (χ0v) is 14.8. The Labute approximate surface area is 149 Å². The molecule has 1 heterocycles. The highest BCUT2D eigenvalue weighted by molar-refractivity contribution is 5.85. The van der Waals surface area contributed by atoms with Crippen LogP contribution in [0.2, 0.25) is 0 Å². The molecular weight excluding hydrogens is 324 g/mol. The van der Waals surface area contributed by atoms with E-state index >= 15 is 0 Å². The number of amides is 1. The molecule has 2 aromatic rings. The number of hydrogen-bond donors (Lipinski definition) is 1. The number of methoxy groups -OCH3 is 1. The van der Waals surface area contributed by atoms with E-state index in [0.717, 1.165) is 12.2 Å². The van der Waals surface area contributed by atoms with Crippen LogP contribution in [-0.2, 0) is 17.8 Å². The highest BCUT2D eigenvalue weighted by atomic mass is 35.5. The van der Waals surface area contributed by atoms with Crippen molar-refractivity contribution in [1.29, 1.82) is 0 Å². The van der Waals surface area contributed by atoms with Crippen molar-refractivity contribution in [3.63, 3.8) is 0 Å². The Balaban J connectivity index is 0.00000208. The molecule has 0 spiro atoms. The summed E-state index contributed by atoms with van der Waals surface area (Å²) in [6, 6.07) is 16.5. The van der Waals surface area contributed by atoms with Crippen LogP contribution >= 0.6 is 12.4 Å². The molecule has 1 N–H and O–H groups in total. The lowest BCUT2D eigenvalue weighted by molar-refractivity contribution is -0.133. The number of benzene rings is 2. The van der Waals surface area contributed by atoms with E-state index < -0.39 is 0 Å². The number of hydrogen-bond acceptors (Lipinski definition) is 3. The normalized spacial score (nSPS) is 16.1. The van der Waals surface area contributed by atoms with Crippen molar-refractivity contribution in [1.82, 2.24) is 10.2 Å². The molecule has 0 fully saturated rings. The van der Waals surface area contributed by atoms with Crippen molar-refractivity contribution in [2.24, 2.45) is 0 Å². The summed E-state index contributed by atoms with van der Waals surface area (Å²) < 4.78 is 5.32. The lowest BCUT2D eigenvalue weighted by Gasteiger charge is -2.37. The fraction of sp³-hybridized carbons (Fsp3) is 0.316. The number of carbonyl (C=O) groups is 1. The van der Waals surface area contributed by atoms with E-state index in [-0.39, 0.29) is 24.4 Å². The van der Waals surface area contributed by atoms with E-state index in [0.29, 0.717) is 13.1 Å². The van der Waals surface area contributed by atoms with Gasteiger partial charge in [0, 0.05) is 6.54 Å². The van der Waals surface area contributed by atoms with Crippen LogP contribution in [0.4, 0.5) is 0 Å². The molecule has 0 aromatic heterocycles. The smallest absolute Gasteiger partial charge is 0.237 e. The van der Waals surface area contributed by atoms with Gasteiger partial charge in [0.05, 0.1) is 19.7 Å². The van der Waals surface area contributed by atoms with Crippen LogP contribution in [0.3, 0.4) is 0 Å². The fourth-order valence-electron chi connectivity index (χ4n) is 3.18. The Morgan fingerprint density at radius 2 is 1.96 bits per heavy atom. The Bertz CT molecular complexity index is 691. The number of nitrogens with one attached hydrogen (secondary N) is 1. The van der Waals surface area contributed by atoms with Crippen molar-refractivity contribution in [2.45, 2.75) is 19.0 Å². The summed E-state index contributed by atoms with van der Waals surface area (Å²) in [7, 11) is 3.47. The molecule has 1 amide bonds. The molecule has 1 unspecified atom stereocenters. The monoisotopic (exact) mass is 346 g/mol. The van der Waals surface area contributed by atoms with Gasteiger partial charge in [0.2, 0.25) is 5.91 Å². The third-order valence-corrected chi connectivity index (χ3v) is 4.38. The third-order valence-electron chi connectivity index (χ3n) is 4.38. The van der Waals surface area contributed by atoms with Crippen LogP contribution in [0.5, 0.6) is 5.75 Å². The predicted molar refractivity (Wildman–Crippen MR) is 97.6 cm³/mol. The van der Waals surface area contributed by atoms with Crippen LogP contribution in [-0.4, -0.2) is 31.5 Å². The molecule has 24 heavy (non-hydrogen) atoms. The summed E-state index contributed by atoms with van der Waals surface area (Å²) in [4.78, 5) is 14.5. The summed E-state index contributed by atoms with van der Waals surface area (Å²) in [5.41, 5.74) is 3.63. The minimum atomic E-state index is 0. The molecular formula is C19H23ClN2O2. The van der Waals surface area contributed by atoms with E-state index in [1.165, 1.54) is 16.7 Å². The maximum Gasteiger partial charge on any atom is 0.237 e. The van der Waals surface area contributed by atoms with Gasteiger partial charge in [-0.15, -0.1) is 12.4 Å². The lowest BCUT2D eigenvalue weighted by Crippen LogP contribution is -2.42. The van der Waals surface area contributed by atoms with Crippen molar-refractivity contribution < 1.29 is 9.53 Å². The highest BCUT2D eigenvalue weighted by Crippen LogP contribution is 2.34. The van der Waals surface area contributed by atoms with Crippen LogP contribution in [0.25, 0.3) is 0 Å². The fourth-order valence-corrected chi connectivity index (χ4v) is 3.18. The molecule has 4 nitrogen and oxygen atoms in total. The Kier molecular flexibility index (Phi) is 6.23. The average Bonchev–Trinajstić information content (AvgIpc) is 2.61. The van der Waals surface area contributed by atoms with E-state index in [4.69, 9.17) is 4.74 Å². The van der Waals surface area contributed by atoms with Gasteiger partial charge >= 0.3 is 0 Å². The summed E-state index contributed by atoms with van der Waals surface area (Å²) in [6.07, 6.45) is 0.832. The van der Waals surface area contributed by atoms with Gasteiger partial charge in [-0.2, -0.15) is 0 Å². The second-order valence-corrected chi connectivity index (χ2v) is 5.82.